The number of nitrogens with zero attached hydrogens (tertiary/aromatic N) is 1. The minimum absolute atomic E-state index is 0.240. The molecule has 0 spiro atoms. The summed E-state index contributed by atoms with van der Waals surface area (Å²) in [5, 5.41) is 2.86. The summed E-state index contributed by atoms with van der Waals surface area (Å²) in [6.45, 7) is 3.96. The molecule has 1 atom stereocenters. The van der Waals surface area contributed by atoms with Gasteiger partial charge in [0, 0.05) is 18.8 Å². The molecule has 0 unspecified atom stereocenters. The highest BCUT2D eigenvalue weighted by Crippen LogP contribution is 2.21. The zero-order valence-electron chi connectivity index (χ0n) is 16.4. The van der Waals surface area contributed by atoms with Crippen LogP contribution in [0.25, 0.3) is 0 Å². The fourth-order valence-electron chi connectivity index (χ4n) is 3.13. The first-order chi connectivity index (χ1) is 13.5. The van der Waals surface area contributed by atoms with Crippen molar-refractivity contribution in [2.45, 2.75) is 38.4 Å². The molecule has 0 saturated carbocycles. The maximum Gasteiger partial charge on any atom is 0.265 e. The monoisotopic (exact) mass is 386 g/mol. The smallest absolute Gasteiger partial charge is 0.265 e. The Balaban J connectivity index is 1.53. The van der Waals surface area contributed by atoms with Crippen LogP contribution in [0.5, 0.6) is 11.5 Å². The van der Waals surface area contributed by atoms with Crippen LogP contribution in [0.3, 0.4) is 0 Å². The maximum absolute atomic E-state index is 13.0. The first-order valence-corrected chi connectivity index (χ1v) is 9.72. The van der Waals surface area contributed by atoms with Gasteiger partial charge in [-0.05, 0) is 74.8 Å². The minimum atomic E-state index is -0.652. The van der Waals surface area contributed by atoms with Crippen LogP contribution in [0.1, 0.15) is 26.2 Å². The van der Waals surface area contributed by atoms with Gasteiger partial charge in [0.15, 0.2) is 6.10 Å². The van der Waals surface area contributed by atoms with Crippen LogP contribution in [0.2, 0.25) is 0 Å². The van der Waals surface area contributed by atoms with E-state index in [0.29, 0.717) is 17.9 Å². The molecule has 1 heterocycles. The Morgan fingerprint density at radius 1 is 1.11 bits per heavy atom. The predicted octanol–water partition coefficient (Wildman–Crippen LogP) is 4.09. The molecule has 0 bridgehead atoms. The van der Waals surface area contributed by atoms with Crippen LogP contribution in [-0.4, -0.2) is 43.2 Å². The van der Waals surface area contributed by atoms with Crippen molar-refractivity contribution in [2.75, 3.05) is 25.5 Å². The largest absolute Gasteiger partial charge is 0.490 e. The highest BCUT2D eigenvalue weighted by atomic mass is 19.1. The number of hydrogen-bond acceptors (Lipinski definition) is 4. The average molecular weight is 386 g/mol. The summed E-state index contributed by atoms with van der Waals surface area (Å²) in [6.07, 6.45) is 2.13. The van der Waals surface area contributed by atoms with Crippen LogP contribution >= 0.6 is 0 Å². The van der Waals surface area contributed by atoms with Crippen molar-refractivity contribution in [1.82, 2.24) is 4.90 Å². The molecule has 150 valence electrons. The number of nitrogens with one attached hydrogen (secondary N) is 1. The lowest BCUT2D eigenvalue weighted by Gasteiger charge is -2.29. The normalized spacial score (nSPS) is 16.4. The molecule has 0 aromatic heterocycles. The van der Waals surface area contributed by atoms with E-state index in [9.17, 15) is 9.18 Å². The molecule has 1 aliphatic rings. The molecule has 1 aliphatic heterocycles. The van der Waals surface area contributed by atoms with Crippen molar-refractivity contribution >= 4 is 11.6 Å². The average Bonchev–Trinajstić information content (AvgIpc) is 2.70. The Labute approximate surface area is 165 Å². The van der Waals surface area contributed by atoms with Crippen molar-refractivity contribution < 1.29 is 18.7 Å². The van der Waals surface area contributed by atoms with E-state index in [-0.39, 0.29) is 17.8 Å². The third kappa shape index (κ3) is 5.70. The fourth-order valence-corrected chi connectivity index (χ4v) is 3.13. The summed E-state index contributed by atoms with van der Waals surface area (Å²) in [6, 6.07) is 13.0. The second kappa shape index (κ2) is 9.55. The molecule has 0 radical (unpaired) electrons. The zero-order chi connectivity index (χ0) is 19.9. The minimum Gasteiger partial charge on any atom is -0.490 e. The van der Waals surface area contributed by atoms with Crippen LogP contribution in [0.4, 0.5) is 10.1 Å². The molecule has 28 heavy (non-hydrogen) atoms. The second-order valence-corrected chi connectivity index (χ2v) is 7.10. The van der Waals surface area contributed by atoms with Gasteiger partial charge in [0.1, 0.15) is 23.4 Å². The van der Waals surface area contributed by atoms with Gasteiger partial charge in [-0.1, -0.05) is 6.92 Å². The number of piperidine rings is 1. The standard InChI is InChI=1S/C22H27FN2O3/c1-3-21(28-19-8-4-16(23)5-9-19)22(26)24-17-6-10-18(11-7-17)27-20-12-14-25(2)15-13-20/h4-11,20-21H,3,12-15H2,1-2H3,(H,24,26)/t21-/m1/s1. The van der Waals surface area contributed by atoms with Crippen LogP contribution < -0.4 is 14.8 Å². The van der Waals surface area contributed by atoms with Crippen LogP contribution in [0, 0.1) is 5.82 Å². The summed E-state index contributed by atoms with van der Waals surface area (Å²) in [5.74, 6) is 0.690. The number of carbonyl (C=O) groups excluding carboxylic acids is 1. The molecular weight excluding hydrogens is 359 g/mol. The quantitative estimate of drug-likeness (QED) is 0.779. The number of carbonyl (C=O) groups is 1. The fraction of sp³-hybridized carbons (Fsp3) is 0.409. The van der Waals surface area contributed by atoms with Crippen molar-refractivity contribution in [3.63, 3.8) is 0 Å². The van der Waals surface area contributed by atoms with Crippen LogP contribution in [0.15, 0.2) is 48.5 Å². The Bertz CT molecular complexity index is 756. The predicted molar refractivity (Wildman–Crippen MR) is 107 cm³/mol. The SMILES string of the molecule is CC[C@@H](Oc1ccc(F)cc1)C(=O)Nc1ccc(OC2CCN(C)CC2)cc1. The van der Waals surface area contributed by atoms with Crippen molar-refractivity contribution in [1.29, 1.82) is 0 Å². The molecule has 6 heteroatoms. The van der Waals surface area contributed by atoms with E-state index in [0.717, 1.165) is 31.7 Å². The number of anilines is 1. The second-order valence-electron chi connectivity index (χ2n) is 7.10. The highest BCUT2D eigenvalue weighted by molar-refractivity contribution is 5.94. The molecule has 5 nitrogen and oxygen atoms in total. The van der Waals surface area contributed by atoms with Crippen LogP contribution in [-0.2, 0) is 4.79 Å². The van der Waals surface area contributed by atoms with Gasteiger partial charge in [-0.3, -0.25) is 4.79 Å². The molecule has 1 amide bonds. The number of rotatable bonds is 7. The third-order valence-electron chi connectivity index (χ3n) is 4.85. The number of hydrogen-bond donors (Lipinski definition) is 1. The van der Waals surface area contributed by atoms with Gasteiger partial charge in [-0.15, -0.1) is 0 Å². The van der Waals surface area contributed by atoms with E-state index in [1.165, 1.54) is 24.3 Å². The van der Waals surface area contributed by atoms with E-state index in [1.54, 1.807) is 0 Å². The van der Waals surface area contributed by atoms with Gasteiger partial charge in [0.2, 0.25) is 0 Å². The van der Waals surface area contributed by atoms with Gasteiger partial charge in [-0.2, -0.15) is 0 Å². The topological polar surface area (TPSA) is 50.8 Å². The molecule has 2 aromatic rings. The zero-order valence-corrected chi connectivity index (χ0v) is 16.4. The summed E-state index contributed by atoms with van der Waals surface area (Å²) in [4.78, 5) is 14.8. The van der Waals surface area contributed by atoms with Gasteiger partial charge < -0.3 is 19.7 Å². The number of ether oxygens (including phenoxy) is 2. The maximum atomic E-state index is 13.0. The Kier molecular flexibility index (Phi) is 6.87. The van der Waals surface area contributed by atoms with E-state index >= 15 is 0 Å². The van der Waals surface area contributed by atoms with Gasteiger partial charge >= 0.3 is 0 Å². The molecule has 2 aromatic carbocycles. The molecule has 1 fully saturated rings. The Morgan fingerprint density at radius 2 is 1.71 bits per heavy atom. The lowest BCUT2D eigenvalue weighted by molar-refractivity contribution is -0.122. The summed E-state index contributed by atoms with van der Waals surface area (Å²) in [7, 11) is 2.12. The number of halogens is 1. The molecule has 3 rings (SSSR count). The highest BCUT2D eigenvalue weighted by Gasteiger charge is 2.20. The third-order valence-corrected chi connectivity index (χ3v) is 4.85. The summed E-state index contributed by atoms with van der Waals surface area (Å²) < 4.78 is 24.7. The first kappa shape index (κ1) is 20.1. The molecule has 0 aliphatic carbocycles. The molecule has 1 N–H and O–H groups in total. The summed E-state index contributed by atoms with van der Waals surface area (Å²) in [5.41, 5.74) is 0.682. The molecule has 1 saturated heterocycles. The number of benzene rings is 2. The van der Waals surface area contributed by atoms with Gasteiger partial charge in [-0.25, -0.2) is 4.39 Å². The summed E-state index contributed by atoms with van der Waals surface area (Å²) >= 11 is 0. The van der Waals surface area contributed by atoms with E-state index in [4.69, 9.17) is 9.47 Å². The Morgan fingerprint density at radius 3 is 2.32 bits per heavy atom. The first-order valence-electron chi connectivity index (χ1n) is 9.72. The van der Waals surface area contributed by atoms with E-state index < -0.39 is 6.10 Å². The van der Waals surface area contributed by atoms with Crippen molar-refractivity contribution in [3.8, 4) is 11.5 Å². The Hall–Kier alpha value is -2.60. The number of likely N-dealkylation sites (tertiary alicyclic amines) is 1. The van der Waals surface area contributed by atoms with Crippen molar-refractivity contribution in [3.05, 3.63) is 54.3 Å². The van der Waals surface area contributed by atoms with Crippen molar-refractivity contribution in [2.24, 2.45) is 0 Å². The van der Waals surface area contributed by atoms with Gasteiger partial charge in [0.05, 0.1) is 0 Å². The lowest BCUT2D eigenvalue weighted by atomic mass is 10.1. The lowest BCUT2D eigenvalue weighted by Crippen LogP contribution is -2.35. The van der Waals surface area contributed by atoms with E-state index in [1.807, 2.05) is 31.2 Å². The van der Waals surface area contributed by atoms with E-state index in [2.05, 4.69) is 17.3 Å². The van der Waals surface area contributed by atoms with Gasteiger partial charge in [0.25, 0.3) is 5.91 Å². The number of amides is 1. The molecular formula is C22H27FN2O3.